The van der Waals surface area contributed by atoms with E-state index >= 15 is 0 Å². The molecule has 31 heavy (non-hydrogen) atoms. The molecule has 0 unspecified atom stereocenters. The predicted molar refractivity (Wildman–Crippen MR) is 127 cm³/mol. The number of benzene rings is 3. The number of halogens is 1. The lowest BCUT2D eigenvalue weighted by atomic mass is 10.1. The third-order valence-corrected chi connectivity index (χ3v) is 6.99. The molecule has 0 bridgehead atoms. The van der Waals surface area contributed by atoms with E-state index in [1.807, 2.05) is 44.2 Å². The Morgan fingerprint density at radius 2 is 1.68 bits per heavy atom. The molecule has 6 nitrogen and oxygen atoms in total. The molecule has 0 atom stereocenters. The SMILES string of the molecule is Cc1ccc(N(CC(=O)N/N=C\c2ccc(Br)cc2)S(=O)(=O)c2ccccc2)cc1C. The molecular weight excluding hydrogens is 478 g/mol. The number of amides is 1. The second kappa shape index (κ2) is 9.89. The summed E-state index contributed by atoms with van der Waals surface area (Å²) in [6.07, 6.45) is 1.50. The third kappa shape index (κ3) is 5.80. The van der Waals surface area contributed by atoms with Gasteiger partial charge < -0.3 is 0 Å². The molecule has 0 aliphatic carbocycles. The second-order valence-electron chi connectivity index (χ2n) is 6.94. The zero-order valence-corrected chi connectivity index (χ0v) is 19.5. The summed E-state index contributed by atoms with van der Waals surface area (Å²) in [4.78, 5) is 12.7. The van der Waals surface area contributed by atoms with Gasteiger partial charge in [-0.3, -0.25) is 9.10 Å². The molecule has 0 saturated heterocycles. The first-order chi connectivity index (χ1) is 14.8. The molecule has 0 spiro atoms. The molecule has 1 N–H and O–H groups in total. The van der Waals surface area contributed by atoms with Crippen molar-refractivity contribution < 1.29 is 13.2 Å². The maximum atomic E-state index is 13.3. The molecule has 0 heterocycles. The van der Waals surface area contributed by atoms with E-state index in [4.69, 9.17) is 0 Å². The van der Waals surface area contributed by atoms with Gasteiger partial charge in [-0.25, -0.2) is 13.8 Å². The summed E-state index contributed by atoms with van der Waals surface area (Å²) in [6, 6.07) is 20.7. The van der Waals surface area contributed by atoms with Gasteiger partial charge in [0.25, 0.3) is 15.9 Å². The minimum absolute atomic E-state index is 0.111. The Morgan fingerprint density at radius 3 is 2.32 bits per heavy atom. The van der Waals surface area contributed by atoms with E-state index in [2.05, 4.69) is 26.5 Å². The van der Waals surface area contributed by atoms with Gasteiger partial charge in [-0.05, 0) is 66.9 Å². The molecule has 8 heteroatoms. The smallest absolute Gasteiger partial charge is 0.264 e. The fourth-order valence-corrected chi connectivity index (χ4v) is 4.51. The molecule has 0 aliphatic rings. The fourth-order valence-electron chi connectivity index (χ4n) is 2.81. The molecule has 160 valence electrons. The van der Waals surface area contributed by atoms with E-state index in [0.717, 1.165) is 25.5 Å². The lowest BCUT2D eigenvalue weighted by Gasteiger charge is -2.24. The second-order valence-corrected chi connectivity index (χ2v) is 9.72. The Hall–Kier alpha value is -2.97. The van der Waals surface area contributed by atoms with Crippen molar-refractivity contribution in [1.29, 1.82) is 0 Å². The first-order valence-electron chi connectivity index (χ1n) is 9.50. The molecule has 1 amide bonds. The average molecular weight is 500 g/mol. The van der Waals surface area contributed by atoms with Gasteiger partial charge in [-0.15, -0.1) is 0 Å². The predicted octanol–water partition coefficient (Wildman–Crippen LogP) is 4.41. The Morgan fingerprint density at radius 1 is 1.00 bits per heavy atom. The summed E-state index contributed by atoms with van der Waals surface area (Å²) < 4.78 is 28.6. The number of nitrogens with one attached hydrogen (secondary N) is 1. The van der Waals surface area contributed by atoms with E-state index in [9.17, 15) is 13.2 Å². The van der Waals surface area contributed by atoms with Crippen molar-refractivity contribution in [2.45, 2.75) is 18.7 Å². The Kier molecular flexibility index (Phi) is 7.25. The summed E-state index contributed by atoms with van der Waals surface area (Å²) in [5.41, 5.74) is 5.58. The number of aryl methyl sites for hydroxylation is 2. The van der Waals surface area contributed by atoms with Gasteiger partial charge in [0.15, 0.2) is 0 Å². The van der Waals surface area contributed by atoms with Crippen molar-refractivity contribution in [2.24, 2.45) is 5.10 Å². The highest BCUT2D eigenvalue weighted by molar-refractivity contribution is 9.10. The van der Waals surface area contributed by atoms with Crippen LogP contribution in [0.2, 0.25) is 0 Å². The number of rotatable bonds is 7. The van der Waals surface area contributed by atoms with Crippen molar-refractivity contribution in [1.82, 2.24) is 5.43 Å². The third-order valence-electron chi connectivity index (χ3n) is 4.67. The average Bonchev–Trinajstić information content (AvgIpc) is 2.76. The molecular formula is C23H22BrN3O3S. The number of anilines is 1. The Labute approximate surface area is 190 Å². The first kappa shape index (κ1) is 22.7. The van der Waals surface area contributed by atoms with Crippen LogP contribution in [0, 0.1) is 13.8 Å². The molecule has 0 saturated carbocycles. The highest BCUT2D eigenvalue weighted by atomic mass is 79.9. The van der Waals surface area contributed by atoms with Crippen LogP contribution in [0.5, 0.6) is 0 Å². The van der Waals surface area contributed by atoms with E-state index < -0.39 is 22.5 Å². The quantitative estimate of drug-likeness (QED) is 0.386. The molecule has 3 aromatic rings. The normalized spacial score (nSPS) is 11.5. The van der Waals surface area contributed by atoms with Crippen LogP contribution in [0.3, 0.4) is 0 Å². The minimum Gasteiger partial charge on any atom is -0.271 e. The van der Waals surface area contributed by atoms with Crippen LogP contribution in [0.25, 0.3) is 0 Å². The molecule has 0 radical (unpaired) electrons. The van der Waals surface area contributed by atoms with Gasteiger partial charge in [0, 0.05) is 4.47 Å². The molecule has 3 rings (SSSR count). The fraction of sp³-hybridized carbons (Fsp3) is 0.130. The van der Waals surface area contributed by atoms with Crippen molar-refractivity contribution in [3.63, 3.8) is 0 Å². The van der Waals surface area contributed by atoms with Gasteiger partial charge in [0.05, 0.1) is 16.8 Å². The number of hydrazone groups is 1. The van der Waals surface area contributed by atoms with Crippen LogP contribution in [-0.4, -0.2) is 27.1 Å². The summed E-state index contributed by atoms with van der Waals surface area (Å²) in [5, 5.41) is 3.94. The standard InChI is InChI=1S/C23H22BrN3O3S/c1-17-8-13-21(14-18(17)2)27(31(29,30)22-6-4-3-5-7-22)16-23(28)26-25-15-19-9-11-20(24)12-10-19/h3-15H,16H2,1-2H3,(H,26,28)/b25-15-. The van der Waals surface area contributed by atoms with Crippen LogP contribution in [0.15, 0.2) is 87.3 Å². The lowest BCUT2D eigenvalue weighted by Crippen LogP contribution is -2.39. The maximum absolute atomic E-state index is 13.3. The number of sulfonamides is 1. The van der Waals surface area contributed by atoms with E-state index in [1.165, 1.54) is 18.3 Å². The van der Waals surface area contributed by atoms with Crippen molar-refractivity contribution in [3.8, 4) is 0 Å². The van der Waals surface area contributed by atoms with E-state index in [1.54, 1.807) is 30.3 Å². The van der Waals surface area contributed by atoms with Gasteiger partial charge in [0.2, 0.25) is 0 Å². The van der Waals surface area contributed by atoms with Crippen molar-refractivity contribution in [3.05, 3.63) is 94.0 Å². The summed E-state index contributed by atoms with van der Waals surface area (Å²) in [5.74, 6) is -0.550. The largest absolute Gasteiger partial charge is 0.271 e. The Bertz CT molecular complexity index is 1190. The highest BCUT2D eigenvalue weighted by Crippen LogP contribution is 2.25. The van der Waals surface area contributed by atoms with Gasteiger partial charge in [0.1, 0.15) is 6.54 Å². The highest BCUT2D eigenvalue weighted by Gasteiger charge is 2.27. The van der Waals surface area contributed by atoms with Crippen LogP contribution in [0.4, 0.5) is 5.69 Å². The first-order valence-corrected chi connectivity index (χ1v) is 11.7. The maximum Gasteiger partial charge on any atom is 0.264 e. The van der Waals surface area contributed by atoms with Gasteiger partial charge in [-0.2, -0.15) is 5.10 Å². The number of carbonyl (C=O) groups excluding carboxylic acids is 1. The summed E-state index contributed by atoms with van der Waals surface area (Å²) in [7, 11) is -3.95. The van der Waals surface area contributed by atoms with E-state index in [-0.39, 0.29) is 4.90 Å². The van der Waals surface area contributed by atoms with Gasteiger partial charge in [-0.1, -0.05) is 52.3 Å². The zero-order valence-electron chi connectivity index (χ0n) is 17.1. The molecule has 3 aromatic carbocycles. The summed E-state index contributed by atoms with van der Waals surface area (Å²) in [6.45, 7) is 3.44. The van der Waals surface area contributed by atoms with Gasteiger partial charge >= 0.3 is 0 Å². The molecule has 0 aromatic heterocycles. The van der Waals surface area contributed by atoms with Crippen LogP contribution < -0.4 is 9.73 Å². The summed E-state index contributed by atoms with van der Waals surface area (Å²) >= 11 is 3.36. The van der Waals surface area contributed by atoms with E-state index in [0.29, 0.717) is 5.69 Å². The molecule has 0 fully saturated rings. The number of carbonyl (C=O) groups is 1. The zero-order chi connectivity index (χ0) is 22.4. The monoisotopic (exact) mass is 499 g/mol. The number of nitrogens with zero attached hydrogens (tertiary/aromatic N) is 2. The molecule has 0 aliphatic heterocycles. The van der Waals surface area contributed by atoms with Crippen molar-refractivity contribution in [2.75, 3.05) is 10.8 Å². The Balaban J connectivity index is 1.85. The van der Waals surface area contributed by atoms with Crippen LogP contribution >= 0.6 is 15.9 Å². The lowest BCUT2D eigenvalue weighted by molar-refractivity contribution is -0.119. The number of hydrogen-bond donors (Lipinski definition) is 1. The number of hydrogen-bond acceptors (Lipinski definition) is 4. The van der Waals surface area contributed by atoms with Crippen LogP contribution in [-0.2, 0) is 14.8 Å². The topological polar surface area (TPSA) is 78.8 Å². The minimum atomic E-state index is -3.95. The van der Waals surface area contributed by atoms with Crippen molar-refractivity contribution >= 4 is 43.8 Å². The van der Waals surface area contributed by atoms with Crippen LogP contribution in [0.1, 0.15) is 16.7 Å².